The van der Waals surface area contributed by atoms with Gasteiger partial charge in [0.15, 0.2) is 5.11 Å². The minimum atomic E-state index is 0.604. The third-order valence-corrected chi connectivity index (χ3v) is 3.86. The van der Waals surface area contributed by atoms with Gasteiger partial charge in [0.25, 0.3) is 0 Å². The smallest absolute Gasteiger partial charge is 0.173 e. The molecule has 2 aromatic rings. The van der Waals surface area contributed by atoms with Gasteiger partial charge in [0.05, 0.1) is 23.5 Å². The Bertz CT molecular complexity index is 604. The number of rotatable bonds is 3. The molecule has 1 heterocycles. The van der Waals surface area contributed by atoms with Crippen molar-refractivity contribution in [2.24, 2.45) is 7.05 Å². The molecule has 106 valence electrons. The highest BCUT2D eigenvalue weighted by molar-refractivity contribution is 7.80. The number of benzene rings is 1. The maximum atomic E-state index is 6.11. The lowest BCUT2D eigenvalue weighted by atomic mass is 10.2. The highest BCUT2D eigenvalue weighted by Gasteiger charge is 2.12. The van der Waals surface area contributed by atoms with Gasteiger partial charge in [-0.05, 0) is 30.8 Å². The van der Waals surface area contributed by atoms with E-state index >= 15 is 0 Å². The summed E-state index contributed by atoms with van der Waals surface area (Å²) in [6.45, 7) is 2.65. The molecule has 4 nitrogen and oxygen atoms in total. The van der Waals surface area contributed by atoms with Gasteiger partial charge in [0, 0.05) is 19.8 Å². The zero-order valence-electron chi connectivity index (χ0n) is 11.7. The molecule has 0 aliphatic carbocycles. The number of para-hydroxylation sites is 1. The molecule has 0 radical (unpaired) electrons. The number of anilines is 1. The van der Waals surface area contributed by atoms with Crippen LogP contribution in [0.1, 0.15) is 11.3 Å². The predicted octanol–water partition coefficient (Wildman–Crippen LogP) is 3.21. The Morgan fingerprint density at radius 3 is 2.75 bits per heavy atom. The van der Waals surface area contributed by atoms with Crippen molar-refractivity contribution < 1.29 is 0 Å². The van der Waals surface area contributed by atoms with Gasteiger partial charge < -0.3 is 10.2 Å². The van der Waals surface area contributed by atoms with Crippen molar-refractivity contribution in [2.45, 2.75) is 13.5 Å². The molecular weight excluding hydrogens is 292 g/mol. The second kappa shape index (κ2) is 6.24. The molecule has 0 saturated carbocycles. The average molecular weight is 309 g/mol. The van der Waals surface area contributed by atoms with Crippen molar-refractivity contribution in [3.8, 4) is 0 Å². The maximum absolute atomic E-state index is 6.11. The number of thiocarbonyl (C=S) groups is 1. The number of hydrogen-bond donors (Lipinski definition) is 1. The van der Waals surface area contributed by atoms with E-state index in [-0.39, 0.29) is 0 Å². The van der Waals surface area contributed by atoms with E-state index in [2.05, 4.69) is 10.4 Å². The highest BCUT2D eigenvalue weighted by atomic mass is 35.5. The van der Waals surface area contributed by atoms with Crippen molar-refractivity contribution in [1.82, 2.24) is 14.7 Å². The normalized spacial score (nSPS) is 10.4. The summed E-state index contributed by atoms with van der Waals surface area (Å²) in [6, 6.07) is 8.04. The van der Waals surface area contributed by atoms with E-state index in [1.54, 1.807) is 10.9 Å². The Hall–Kier alpha value is -1.59. The zero-order valence-corrected chi connectivity index (χ0v) is 13.3. The van der Waals surface area contributed by atoms with Crippen LogP contribution < -0.4 is 5.32 Å². The SMILES string of the molecule is Cc1ccccc1NC(=S)N(C)Cc1c(Cl)cnn1C. The molecule has 0 bridgehead atoms. The van der Waals surface area contributed by atoms with Crippen LogP contribution >= 0.6 is 23.8 Å². The van der Waals surface area contributed by atoms with Crippen LogP contribution in [0.15, 0.2) is 30.5 Å². The first kappa shape index (κ1) is 14.8. The van der Waals surface area contributed by atoms with Crippen molar-refractivity contribution in [1.29, 1.82) is 0 Å². The molecule has 20 heavy (non-hydrogen) atoms. The fourth-order valence-electron chi connectivity index (χ4n) is 1.83. The van der Waals surface area contributed by atoms with Crippen LogP contribution in [0.25, 0.3) is 0 Å². The minimum absolute atomic E-state index is 0.604. The number of nitrogens with zero attached hydrogens (tertiary/aromatic N) is 3. The second-order valence-corrected chi connectivity index (χ2v) is 5.46. The molecule has 0 aliphatic rings. The Labute approximate surface area is 129 Å². The summed E-state index contributed by atoms with van der Waals surface area (Å²) in [5.74, 6) is 0. The number of hydrogen-bond acceptors (Lipinski definition) is 2. The van der Waals surface area contributed by atoms with E-state index < -0.39 is 0 Å². The molecular formula is C14H17ClN4S. The van der Waals surface area contributed by atoms with Gasteiger partial charge >= 0.3 is 0 Å². The number of nitrogens with one attached hydrogen (secondary N) is 1. The second-order valence-electron chi connectivity index (χ2n) is 4.66. The van der Waals surface area contributed by atoms with Gasteiger partial charge in [-0.2, -0.15) is 5.10 Å². The number of halogens is 1. The van der Waals surface area contributed by atoms with Gasteiger partial charge in [0.1, 0.15) is 0 Å². The molecule has 0 spiro atoms. The molecule has 2 rings (SSSR count). The number of aromatic nitrogens is 2. The Morgan fingerprint density at radius 1 is 1.45 bits per heavy atom. The summed E-state index contributed by atoms with van der Waals surface area (Å²) in [5.41, 5.74) is 3.10. The van der Waals surface area contributed by atoms with Gasteiger partial charge in [0.2, 0.25) is 0 Å². The van der Waals surface area contributed by atoms with E-state index in [1.165, 1.54) is 0 Å². The average Bonchev–Trinajstić information content (AvgIpc) is 2.73. The molecule has 0 saturated heterocycles. The van der Waals surface area contributed by atoms with Crippen LogP contribution in [0, 0.1) is 6.92 Å². The molecule has 6 heteroatoms. The Kier molecular flexibility index (Phi) is 4.62. The quantitative estimate of drug-likeness (QED) is 0.883. The summed E-state index contributed by atoms with van der Waals surface area (Å²) < 4.78 is 1.76. The van der Waals surface area contributed by atoms with E-state index in [0.717, 1.165) is 16.9 Å². The largest absolute Gasteiger partial charge is 0.346 e. The van der Waals surface area contributed by atoms with Crippen LogP contribution in [0.5, 0.6) is 0 Å². The lowest BCUT2D eigenvalue weighted by molar-refractivity contribution is 0.482. The lowest BCUT2D eigenvalue weighted by Gasteiger charge is -2.22. The topological polar surface area (TPSA) is 33.1 Å². The Morgan fingerprint density at radius 2 is 2.15 bits per heavy atom. The third-order valence-electron chi connectivity index (χ3n) is 3.13. The lowest BCUT2D eigenvalue weighted by Crippen LogP contribution is -2.31. The molecule has 1 aromatic carbocycles. The van der Waals surface area contributed by atoms with Crippen LogP contribution in [0.2, 0.25) is 5.02 Å². The van der Waals surface area contributed by atoms with Crippen molar-refractivity contribution in [3.63, 3.8) is 0 Å². The predicted molar refractivity (Wildman–Crippen MR) is 87.1 cm³/mol. The van der Waals surface area contributed by atoms with Crippen molar-refractivity contribution in [2.75, 3.05) is 12.4 Å². The van der Waals surface area contributed by atoms with E-state index in [0.29, 0.717) is 16.7 Å². The fraction of sp³-hybridized carbons (Fsp3) is 0.286. The molecule has 0 amide bonds. The fourth-order valence-corrected chi connectivity index (χ4v) is 2.23. The summed E-state index contributed by atoms with van der Waals surface area (Å²) in [7, 11) is 3.80. The van der Waals surface area contributed by atoms with Gasteiger partial charge in [-0.15, -0.1) is 0 Å². The van der Waals surface area contributed by atoms with Gasteiger partial charge in [-0.25, -0.2) is 0 Å². The molecule has 1 N–H and O–H groups in total. The summed E-state index contributed by atoms with van der Waals surface area (Å²) in [4.78, 5) is 1.94. The van der Waals surface area contributed by atoms with E-state index in [1.807, 2.05) is 50.2 Å². The van der Waals surface area contributed by atoms with Crippen LogP contribution in [0.4, 0.5) is 5.69 Å². The first-order valence-electron chi connectivity index (χ1n) is 6.23. The van der Waals surface area contributed by atoms with Crippen molar-refractivity contribution in [3.05, 3.63) is 46.7 Å². The maximum Gasteiger partial charge on any atom is 0.173 e. The minimum Gasteiger partial charge on any atom is -0.346 e. The summed E-state index contributed by atoms with van der Waals surface area (Å²) >= 11 is 11.5. The van der Waals surface area contributed by atoms with Gasteiger partial charge in [-0.1, -0.05) is 29.8 Å². The van der Waals surface area contributed by atoms with Crippen LogP contribution in [-0.4, -0.2) is 26.8 Å². The zero-order chi connectivity index (χ0) is 14.7. The first-order valence-corrected chi connectivity index (χ1v) is 7.01. The summed E-state index contributed by atoms with van der Waals surface area (Å²) in [5, 5.41) is 8.67. The molecule has 0 aliphatic heterocycles. The molecule has 0 fully saturated rings. The van der Waals surface area contributed by atoms with Crippen LogP contribution in [-0.2, 0) is 13.6 Å². The Balaban J connectivity index is 2.05. The van der Waals surface area contributed by atoms with Crippen molar-refractivity contribution >= 4 is 34.6 Å². The number of aryl methyl sites for hydroxylation is 2. The molecule has 0 unspecified atom stereocenters. The molecule has 0 atom stereocenters. The van der Waals surface area contributed by atoms with Crippen LogP contribution in [0.3, 0.4) is 0 Å². The third kappa shape index (κ3) is 3.29. The monoisotopic (exact) mass is 308 g/mol. The van der Waals surface area contributed by atoms with E-state index in [4.69, 9.17) is 23.8 Å². The highest BCUT2D eigenvalue weighted by Crippen LogP contribution is 2.17. The van der Waals surface area contributed by atoms with Gasteiger partial charge in [-0.3, -0.25) is 4.68 Å². The summed E-state index contributed by atoms with van der Waals surface area (Å²) in [6.07, 6.45) is 1.64. The standard InChI is InChI=1S/C14H17ClN4S/c1-10-6-4-5-7-12(10)17-14(20)18(2)9-13-11(15)8-16-19(13)3/h4-8H,9H2,1-3H3,(H,17,20). The first-order chi connectivity index (χ1) is 9.49. The van der Waals surface area contributed by atoms with E-state index in [9.17, 15) is 0 Å². The molecule has 1 aromatic heterocycles.